The van der Waals surface area contributed by atoms with E-state index in [1.165, 1.54) is 0 Å². The molecule has 0 saturated heterocycles. The van der Waals surface area contributed by atoms with Gasteiger partial charge in [-0.15, -0.1) is 0 Å². The molecule has 1 aliphatic rings. The van der Waals surface area contributed by atoms with Crippen LogP contribution >= 0.6 is 0 Å². The first-order valence-corrected chi connectivity index (χ1v) is 3.75. The van der Waals surface area contributed by atoms with E-state index < -0.39 is 5.92 Å². The van der Waals surface area contributed by atoms with Gasteiger partial charge in [0, 0.05) is 0 Å². The van der Waals surface area contributed by atoms with Crippen LogP contribution in [0.3, 0.4) is 0 Å². The Hall–Kier alpha value is -1.10. The summed E-state index contributed by atoms with van der Waals surface area (Å²) >= 11 is 0. The topological polar surface area (TPSA) is 40.9 Å². The molecule has 0 radical (unpaired) electrons. The molecule has 0 N–H and O–H groups in total. The lowest BCUT2D eigenvalue weighted by Crippen LogP contribution is -2.23. The summed E-state index contributed by atoms with van der Waals surface area (Å²) < 4.78 is 0. The van der Waals surface area contributed by atoms with Gasteiger partial charge in [0.25, 0.3) is 0 Å². The molecule has 0 saturated carbocycles. The standard InChI is InChI=1S/C9H11NO/c1-6-3-7(2)8(5-10)9(11)4-6/h4,7-8H,3H2,1-2H3. The van der Waals surface area contributed by atoms with Crippen molar-refractivity contribution < 1.29 is 4.79 Å². The van der Waals surface area contributed by atoms with Crippen molar-refractivity contribution in [3.8, 4) is 6.07 Å². The summed E-state index contributed by atoms with van der Waals surface area (Å²) in [7, 11) is 0. The Morgan fingerprint density at radius 2 is 2.36 bits per heavy atom. The second-order valence-electron chi connectivity index (χ2n) is 3.18. The van der Waals surface area contributed by atoms with Crippen LogP contribution in [0.25, 0.3) is 0 Å². The van der Waals surface area contributed by atoms with Crippen molar-refractivity contribution >= 4 is 5.78 Å². The first kappa shape index (κ1) is 8.00. The molecule has 2 unspecified atom stereocenters. The van der Waals surface area contributed by atoms with Crippen LogP contribution in [-0.4, -0.2) is 5.78 Å². The van der Waals surface area contributed by atoms with E-state index in [4.69, 9.17) is 5.26 Å². The molecule has 2 nitrogen and oxygen atoms in total. The molecule has 1 rings (SSSR count). The molecule has 2 atom stereocenters. The number of nitrogens with zero attached hydrogens (tertiary/aromatic N) is 1. The first-order valence-electron chi connectivity index (χ1n) is 3.75. The molecule has 0 aromatic carbocycles. The van der Waals surface area contributed by atoms with Gasteiger partial charge in [0.15, 0.2) is 5.78 Å². The minimum Gasteiger partial charge on any atom is -0.293 e. The predicted octanol–water partition coefficient (Wildman–Crippen LogP) is 1.68. The molecule has 0 heterocycles. The highest BCUT2D eigenvalue weighted by Gasteiger charge is 2.27. The summed E-state index contributed by atoms with van der Waals surface area (Å²) in [5.74, 6) is -0.236. The molecule has 58 valence electrons. The maximum atomic E-state index is 11.1. The molecular formula is C9H11NO. The van der Waals surface area contributed by atoms with Crippen molar-refractivity contribution in [1.82, 2.24) is 0 Å². The van der Waals surface area contributed by atoms with Crippen LogP contribution in [0.5, 0.6) is 0 Å². The van der Waals surface area contributed by atoms with Crippen LogP contribution in [0, 0.1) is 23.2 Å². The van der Waals surface area contributed by atoms with Crippen molar-refractivity contribution in [1.29, 1.82) is 5.26 Å². The predicted molar refractivity (Wildman–Crippen MR) is 41.6 cm³/mol. The molecule has 0 spiro atoms. The smallest absolute Gasteiger partial charge is 0.173 e. The summed E-state index contributed by atoms with van der Waals surface area (Å²) in [6.45, 7) is 3.88. The van der Waals surface area contributed by atoms with E-state index in [1.807, 2.05) is 19.9 Å². The zero-order chi connectivity index (χ0) is 8.43. The van der Waals surface area contributed by atoms with E-state index in [0.717, 1.165) is 12.0 Å². The van der Waals surface area contributed by atoms with Crippen molar-refractivity contribution in [3.05, 3.63) is 11.6 Å². The Morgan fingerprint density at radius 1 is 1.73 bits per heavy atom. The van der Waals surface area contributed by atoms with Gasteiger partial charge in [-0.2, -0.15) is 5.26 Å². The minimum absolute atomic E-state index is 0.0243. The Kier molecular flexibility index (Phi) is 2.09. The minimum atomic E-state index is -0.404. The lowest BCUT2D eigenvalue weighted by atomic mass is 9.81. The summed E-state index contributed by atoms with van der Waals surface area (Å²) in [4.78, 5) is 11.1. The molecule has 11 heavy (non-hydrogen) atoms. The molecule has 0 amide bonds. The van der Waals surface area contributed by atoms with Crippen molar-refractivity contribution in [2.75, 3.05) is 0 Å². The lowest BCUT2D eigenvalue weighted by Gasteiger charge is -2.20. The molecule has 0 aromatic heterocycles. The van der Waals surface area contributed by atoms with E-state index in [9.17, 15) is 4.79 Å². The van der Waals surface area contributed by atoms with Crippen molar-refractivity contribution in [2.45, 2.75) is 20.3 Å². The fourth-order valence-corrected chi connectivity index (χ4v) is 1.49. The van der Waals surface area contributed by atoms with Gasteiger partial charge in [0.1, 0.15) is 5.92 Å². The van der Waals surface area contributed by atoms with Gasteiger partial charge in [-0.25, -0.2) is 0 Å². The van der Waals surface area contributed by atoms with E-state index in [2.05, 4.69) is 0 Å². The Balaban J connectivity index is 2.88. The number of hydrogen-bond donors (Lipinski definition) is 0. The summed E-state index contributed by atoms with van der Waals surface area (Å²) in [5, 5.41) is 8.62. The SMILES string of the molecule is CC1=CC(=O)C(C#N)C(C)C1. The van der Waals surface area contributed by atoms with Gasteiger partial charge in [-0.3, -0.25) is 4.79 Å². The zero-order valence-corrected chi connectivity index (χ0v) is 6.79. The van der Waals surface area contributed by atoms with Crippen LogP contribution in [0.15, 0.2) is 11.6 Å². The quantitative estimate of drug-likeness (QED) is 0.525. The third-order valence-electron chi connectivity index (χ3n) is 2.05. The van der Waals surface area contributed by atoms with Crippen molar-refractivity contribution in [3.63, 3.8) is 0 Å². The molecule has 0 bridgehead atoms. The van der Waals surface area contributed by atoms with E-state index in [0.29, 0.717) is 0 Å². The fourth-order valence-electron chi connectivity index (χ4n) is 1.49. The number of ketones is 1. The third kappa shape index (κ3) is 1.48. The average molecular weight is 149 g/mol. The third-order valence-corrected chi connectivity index (χ3v) is 2.05. The molecule has 0 aromatic rings. The van der Waals surface area contributed by atoms with Crippen LogP contribution in [-0.2, 0) is 4.79 Å². The molecule has 2 heteroatoms. The average Bonchev–Trinajstić information content (AvgIpc) is 1.85. The maximum absolute atomic E-state index is 11.1. The molecule has 1 aliphatic carbocycles. The van der Waals surface area contributed by atoms with Crippen LogP contribution < -0.4 is 0 Å². The monoisotopic (exact) mass is 149 g/mol. The first-order chi connectivity index (χ1) is 5.15. The highest BCUT2D eigenvalue weighted by atomic mass is 16.1. The van der Waals surface area contributed by atoms with Gasteiger partial charge >= 0.3 is 0 Å². The molecule has 0 aliphatic heterocycles. The van der Waals surface area contributed by atoms with Gasteiger partial charge in [0.05, 0.1) is 6.07 Å². The Labute approximate surface area is 66.5 Å². The fraction of sp³-hybridized carbons (Fsp3) is 0.556. The van der Waals surface area contributed by atoms with Crippen LogP contribution in [0.1, 0.15) is 20.3 Å². The number of rotatable bonds is 0. The lowest BCUT2D eigenvalue weighted by molar-refractivity contribution is -0.118. The summed E-state index contributed by atoms with van der Waals surface area (Å²) in [5.41, 5.74) is 1.09. The number of carbonyl (C=O) groups is 1. The second-order valence-corrected chi connectivity index (χ2v) is 3.18. The maximum Gasteiger partial charge on any atom is 0.173 e. The Morgan fingerprint density at radius 3 is 2.82 bits per heavy atom. The van der Waals surface area contributed by atoms with Gasteiger partial charge in [-0.1, -0.05) is 12.5 Å². The highest BCUT2D eigenvalue weighted by molar-refractivity contribution is 5.95. The van der Waals surface area contributed by atoms with E-state index in [-0.39, 0.29) is 11.7 Å². The van der Waals surface area contributed by atoms with E-state index in [1.54, 1.807) is 6.08 Å². The number of carbonyl (C=O) groups excluding carboxylic acids is 1. The van der Waals surface area contributed by atoms with Crippen LogP contribution in [0.2, 0.25) is 0 Å². The largest absolute Gasteiger partial charge is 0.293 e. The van der Waals surface area contributed by atoms with Gasteiger partial charge < -0.3 is 0 Å². The molecular weight excluding hydrogens is 138 g/mol. The molecule has 0 fully saturated rings. The number of allylic oxidation sites excluding steroid dienone is 2. The second kappa shape index (κ2) is 2.87. The van der Waals surface area contributed by atoms with Crippen LogP contribution in [0.4, 0.5) is 0 Å². The number of nitriles is 1. The summed E-state index contributed by atoms with van der Waals surface area (Å²) in [6.07, 6.45) is 2.47. The van der Waals surface area contributed by atoms with Gasteiger partial charge in [-0.05, 0) is 25.3 Å². The van der Waals surface area contributed by atoms with E-state index >= 15 is 0 Å². The zero-order valence-electron chi connectivity index (χ0n) is 6.79. The number of hydrogen-bond acceptors (Lipinski definition) is 2. The summed E-state index contributed by atoms with van der Waals surface area (Å²) in [6, 6.07) is 2.03. The highest BCUT2D eigenvalue weighted by Crippen LogP contribution is 2.25. The van der Waals surface area contributed by atoms with Crippen molar-refractivity contribution in [2.24, 2.45) is 11.8 Å². The van der Waals surface area contributed by atoms with Gasteiger partial charge in [0.2, 0.25) is 0 Å². The Bertz CT molecular complexity index is 247. The normalized spacial score (nSPS) is 31.0.